The van der Waals surface area contributed by atoms with Crippen LogP contribution in [0, 0.1) is 11.8 Å². The van der Waals surface area contributed by atoms with Gasteiger partial charge >= 0.3 is 5.97 Å². The molecule has 0 unspecified atom stereocenters. The Bertz CT molecular complexity index is 331. The number of ether oxygens (including phenoxy) is 1. The predicted octanol–water partition coefficient (Wildman–Crippen LogP) is 0.515. The second-order valence-corrected chi connectivity index (χ2v) is 6.20. The maximum atomic E-state index is 11.3. The molecular formula is C10H19NO4S. The van der Waals surface area contributed by atoms with Gasteiger partial charge in [0.1, 0.15) is 0 Å². The van der Waals surface area contributed by atoms with E-state index < -0.39 is 10.0 Å². The molecule has 1 aliphatic carbocycles. The molecule has 16 heavy (non-hydrogen) atoms. The van der Waals surface area contributed by atoms with Crippen molar-refractivity contribution in [3.63, 3.8) is 0 Å². The van der Waals surface area contributed by atoms with Crippen molar-refractivity contribution in [3.8, 4) is 0 Å². The molecule has 0 spiro atoms. The van der Waals surface area contributed by atoms with Crippen molar-refractivity contribution in [1.29, 1.82) is 0 Å². The molecular weight excluding hydrogens is 230 g/mol. The fraction of sp³-hybridized carbons (Fsp3) is 0.900. The summed E-state index contributed by atoms with van der Waals surface area (Å²) < 4.78 is 29.7. The lowest BCUT2D eigenvalue weighted by atomic mass is 9.83. The molecule has 0 radical (unpaired) electrons. The average Bonchev–Trinajstić information content (AvgIpc) is 2.28. The smallest absolute Gasteiger partial charge is 0.308 e. The number of hydrogen-bond donors (Lipinski definition) is 1. The Labute approximate surface area is 96.6 Å². The van der Waals surface area contributed by atoms with Gasteiger partial charge in [0.15, 0.2) is 0 Å². The van der Waals surface area contributed by atoms with Crippen LogP contribution in [0.4, 0.5) is 0 Å². The first-order valence-corrected chi connectivity index (χ1v) is 7.12. The molecule has 1 saturated carbocycles. The van der Waals surface area contributed by atoms with E-state index in [4.69, 9.17) is 0 Å². The number of nitrogens with one attached hydrogen (secondary N) is 1. The molecule has 0 aromatic heterocycles. The minimum absolute atomic E-state index is 0.0430. The number of methoxy groups -OCH3 is 1. The summed E-state index contributed by atoms with van der Waals surface area (Å²) in [5, 5.41) is 0. The topological polar surface area (TPSA) is 72.5 Å². The first-order chi connectivity index (χ1) is 7.48. The van der Waals surface area contributed by atoms with Gasteiger partial charge in [-0.25, -0.2) is 13.1 Å². The number of carbonyl (C=O) groups is 1. The third kappa shape index (κ3) is 3.75. The Morgan fingerprint density at radius 2 is 1.88 bits per heavy atom. The summed E-state index contributed by atoms with van der Waals surface area (Å²) in [6.07, 6.45) is 3.02. The van der Waals surface area contributed by atoms with Gasteiger partial charge in [-0.3, -0.25) is 4.79 Å². The van der Waals surface area contributed by atoms with Gasteiger partial charge in [-0.15, -0.1) is 0 Å². The van der Waals surface area contributed by atoms with Crippen molar-refractivity contribution in [2.24, 2.45) is 11.8 Å². The van der Waals surface area contributed by atoms with Gasteiger partial charge in [0, 0.05) is 0 Å². The molecule has 0 heterocycles. The van der Waals surface area contributed by atoms with E-state index in [9.17, 15) is 13.2 Å². The number of sulfonamides is 1. The second kappa shape index (κ2) is 5.63. The predicted molar refractivity (Wildman–Crippen MR) is 60.3 cm³/mol. The molecule has 1 rings (SSSR count). The van der Waals surface area contributed by atoms with E-state index in [1.54, 1.807) is 0 Å². The van der Waals surface area contributed by atoms with Crippen molar-refractivity contribution in [2.75, 3.05) is 19.9 Å². The van der Waals surface area contributed by atoms with Gasteiger partial charge in [0.05, 0.1) is 18.8 Å². The molecule has 5 nitrogen and oxygen atoms in total. The first kappa shape index (κ1) is 13.4. The summed E-state index contributed by atoms with van der Waals surface area (Å²) in [7, 11) is -0.314. The summed E-state index contributed by atoms with van der Waals surface area (Å²) in [4.78, 5) is 11.3. The van der Waals surface area contributed by atoms with Gasteiger partial charge in [-0.05, 0) is 38.6 Å². The average molecular weight is 249 g/mol. The molecule has 6 heteroatoms. The van der Waals surface area contributed by atoms with Crippen molar-refractivity contribution in [2.45, 2.75) is 25.7 Å². The standard InChI is InChI=1S/C10H19NO4S/c1-11-16(13,14)7-8-3-5-9(6-4-8)10(12)15-2/h8-9,11H,3-7H2,1-2H3. The van der Waals surface area contributed by atoms with Crippen molar-refractivity contribution >= 4 is 16.0 Å². The van der Waals surface area contributed by atoms with Gasteiger partial charge in [0.25, 0.3) is 0 Å². The third-order valence-electron chi connectivity index (χ3n) is 3.15. The fourth-order valence-electron chi connectivity index (χ4n) is 2.13. The quantitative estimate of drug-likeness (QED) is 0.737. The van der Waals surface area contributed by atoms with Gasteiger partial charge in [0.2, 0.25) is 10.0 Å². The molecule has 1 aliphatic rings. The molecule has 1 N–H and O–H groups in total. The highest BCUT2D eigenvalue weighted by atomic mass is 32.2. The van der Waals surface area contributed by atoms with Crippen LogP contribution in [0.3, 0.4) is 0 Å². The Kier molecular flexibility index (Phi) is 4.73. The van der Waals surface area contributed by atoms with E-state index in [2.05, 4.69) is 9.46 Å². The summed E-state index contributed by atoms with van der Waals surface area (Å²) in [6.45, 7) is 0. The van der Waals surface area contributed by atoms with Crippen LogP contribution < -0.4 is 4.72 Å². The van der Waals surface area contributed by atoms with Gasteiger partial charge in [-0.2, -0.15) is 0 Å². The Morgan fingerprint density at radius 3 is 2.31 bits per heavy atom. The van der Waals surface area contributed by atoms with Crippen molar-refractivity contribution < 1.29 is 17.9 Å². The zero-order chi connectivity index (χ0) is 12.2. The van der Waals surface area contributed by atoms with Crippen LogP contribution in [-0.4, -0.2) is 34.3 Å². The summed E-state index contributed by atoms with van der Waals surface area (Å²) in [5.41, 5.74) is 0. The van der Waals surface area contributed by atoms with Crippen LogP contribution >= 0.6 is 0 Å². The maximum absolute atomic E-state index is 11.3. The highest BCUT2D eigenvalue weighted by Crippen LogP contribution is 2.30. The summed E-state index contributed by atoms with van der Waals surface area (Å²) >= 11 is 0. The van der Waals surface area contributed by atoms with Crippen LogP contribution in [-0.2, 0) is 19.6 Å². The van der Waals surface area contributed by atoms with Crippen LogP contribution in [0.1, 0.15) is 25.7 Å². The van der Waals surface area contributed by atoms with Gasteiger partial charge in [-0.1, -0.05) is 0 Å². The van der Waals surface area contributed by atoms with E-state index in [-0.39, 0.29) is 23.6 Å². The molecule has 0 aromatic rings. The fourth-order valence-corrected chi connectivity index (χ4v) is 3.25. The lowest BCUT2D eigenvalue weighted by molar-refractivity contribution is -0.146. The zero-order valence-electron chi connectivity index (χ0n) is 9.73. The monoisotopic (exact) mass is 249 g/mol. The van der Waals surface area contributed by atoms with Crippen LogP contribution in [0.5, 0.6) is 0 Å². The van der Waals surface area contributed by atoms with Crippen LogP contribution in [0.2, 0.25) is 0 Å². The van der Waals surface area contributed by atoms with Crippen molar-refractivity contribution in [3.05, 3.63) is 0 Å². The summed E-state index contributed by atoms with van der Waals surface area (Å²) in [5.74, 6) is 0.115. The Balaban J connectivity index is 2.41. The second-order valence-electron chi connectivity index (χ2n) is 4.23. The Morgan fingerprint density at radius 1 is 1.31 bits per heavy atom. The number of esters is 1. The van der Waals surface area contributed by atoms with E-state index in [1.165, 1.54) is 14.2 Å². The van der Waals surface area contributed by atoms with Crippen LogP contribution in [0.25, 0.3) is 0 Å². The molecule has 0 bridgehead atoms. The number of rotatable bonds is 4. The number of hydrogen-bond acceptors (Lipinski definition) is 4. The highest BCUT2D eigenvalue weighted by molar-refractivity contribution is 7.89. The largest absolute Gasteiger partial charge is 0.469 e. The highest BCUT2D eigenvalue weighted by Gasteiger charge is 2.28. The van der Waals surface area contributed by atoms with Crippen molar-refractivity contribution in [1.82, 2.24) is 4.72 Å². The molecule has 1 fully saturated rings. The van der Waals surface area contributed by atoms with Crippen LogP contribution in [0.15, 0.2) is 0 Å². The minimum atomic E-state index is -3.13. The molecule has 0 saturated heterocycles. The molecule has 0 aromatic carbocycles. The molecule has 0 atom stereocenters. The molecule has 0 aliphatic heterocycles. The molecule has 94 valence electrons. The molecule has 0 amide bonds. The maximum Gasteiger partial charge on any atom is 0.308 e. The Hall–Kier alpha value is -0.620. The third-order valence-corrected chi connectivity index (χ3v) is 4.68. The van der Waals surface area contributed by atoms with E-state index >= 15 is 0 Å². The number of carbonyl (C=O) groups excluding carboxylic acids is 1. The first-order valence-electron chi connectivity index (χ1n) is 5.47. The zero-order valence-corrected chi connectivity index (χ0v) is 10.5. The minimum Gasteiger partial charge on any atom is -0.469 e. The van der Waals surface area contributed by atoms with E-state index in [1.807, 2.05) is 0 Å². The van der Waals surface area contributed by atoms with E-state index in [0.29, 0.717) is 0 Å². The van der Waals surface area contributed by atoms with Gasteiger partial charge < -0.3 is 4.74 Å². The SMILES string of the molecule is CNS(=O)(=O)CC1CCC(C(=O)OC)CC1. The normalized spacial score (nSPS) is 26.4. The lowest BCUT2D eigenvalue weighted by Gasteiger charge is -2.26. The lowest BCUT2D eigenvalue weighted by Crippen LogP contribution is -2.30. The summed E-state index contributed by atoms with van der Waals surface area (Å²) in [6, 6.07) is 0. The van der Waals surface area contributed by atoms with E-state index in [0.717, 1.165) is 25.7 Å².